The van der Waals surface area contributed by atoms with Crippen molar-refractivity contribution in [2.45, 2.75) is 19.3 Å². The smallest absolute Gasteiger partial charge is 0.399 e. The number of benzene rings is 3. The summed E-state index contributed by atoms with van der Waals surface area (Å²) >= 11 is 3.31. The second kappa shape index (κ2) is 11.4. The average Bonchev–Trinajstić information content (AvgIpc) is 3.21. The summed E-state index contributed by atoms with van der Waals surface area (Å²) in [5, 5.41) is 9.11. The van der Waals surface area contributed by atoms with Crippen molar-refractivity contribution in [3.05, 3.63) is 116 Å². The predicted octanol–water partition coefficient (Wildman–Crippen LogP) is 6.37. The van der Waals surface area contributed by atoms with E-state index in [4.69, 9.17) is 5.11 Å². The van der Waals surface area contributed by atoms with Gasteiger partial charge in [-0.2, -0.15) is 0 Å². The first-order chi connectivity index (χ1) is 17.7. The lowest BCUT2D eigenvalue weighted by molar-refractivity contribution is -0.0881. The van der Waals surface area contributed by atoms with Crippen LogP contribution in [0.1, 0.15) is 27.0 Å². The Morgan fingerprint density at radius 2 is 1.59 bits per heavy atom. The van der Waals surface area contributed by atoms with E-state index < -0.39 is 19.7 Å². The highest BCUT2D eigenvalue weighted by Crippen LogP contribution is 2.53. The molecule has 0 saturated heterocycles. The molecule has 192 valence electrons. The van der Waals surface area contributed by atoms with Crippen molar-refractivity contribution in [3.63, 3.8) is 0 Å². The number of carboxylic acid groups (broad SMARTS) is 1. The van der Waals surface area contributed by atoms with Gasteiger partial charge >= 0.3 is 19.3 Å². The van der Waals surface area contributed by atoms with Gasteiger partial charge in [0.25, 0.3) is 0 Å². The first-order valence-electron chi connectivity index (χ1n) is 10.9. The van der Waals surface area contributed by atoms with Crippen molar-refractivity contribution in [2.75, 3.05) is 0 Å². The van der Waals surface area contributed by atoms with Crippen LogP contribution in [0.2, 0.25) is 0 Å². The molecule has 0 aliphatic heterocycles. The fraction of sp³-hybridized carbons (Fsp3) is 0.120. The fourth-order valence-electron chi connectivity index (χ4n) is 3.85. The van der Waals surface area contributed by atoms with Crippen molar-refractivity contribution >= 4 is 29.5 Å². The summed E-state index contributed by atoms with van der Waals surface area (Å²) in [5.74, 6) is -1.03. The quantitative estimate of drug-likeness (QED) is 0.215. The minimum absolute atomic E-state index is 0.153. The van der Waals surface area contributed by atoms with Crippen molar-refractivity contribution in [1.29, 1.82) is 0 Å². The molecule has 0 atom stereocenters. The summed E-state index contributed by atoms with van der Waals surface area (Å²) in [5.41, 5.74) is 3.08. The summed E-state index contributed by atoms with van der Waals surface area (Å²) in [6.07, 6.45) is 1.10. The van der Waals surface area contributed by atoms with Gasteiger partial charge in [0.2, 0.25) is 0 Å². The molecule has 0 spiro atoms. The van der Waals surface area contributed by atoms with Gasteiger partial charge < -0.3 is 5.11 Å². The summed E-state index contributed by atoms with van der Waals surface area (Å²) in [6, 6.07) is 20.4. The molecule has 1 aromatic heterocycles. The van der Waals surface area contributed by atoms with Crippen molar-refractivity contribution in [2.24, 2.45) is 0 Å². The molecule has 0 radical (unpaired) electrons. The van der Waals surface area contributed by atoms with Crippen LogP contribution in [0, 0.1) is 0 Å². The molecule has 0 fully saturated rings. The number of carboxylic acids is 1. The lowest BCUT2D eigenvalue weighted by Crippen LogP contribution is -2.25. The molecular formula is C25H20BrF2N2O6P. The van der Waals surface area contributed by atoms with Gasteiger partial charge in [0.05, 0.1) is 30.5 Å². The topological polar surface area (TPSA) is 99.8 Å². The monoisotopic (exact) mass is 592 g/mol. The maximum Gasteiger partial charge on any atom is 0.399 e. The molecule has 1 N–H and O–H groups in total. The Kier molecular flexibility index (Phi) is 8.19. The second-order valence-corrected chi connectivity index (χ2v) is 10.9. The fourth-order valence-corrected chi connectivity index (χ4v) is 5.45. The van der Waals surface area contributed by atoms with Crippen molar-refractivity contribution in [3.8, 4) is 11.3 Å². The lowest BCUT2D eigenvalue weighted by atomic mass is 10.1. The third-order valence-corrected chi connectivity index (χ3v) is 7.59. The molecule has 3 aromatic carbocycles. The normalized spacial score (nSPS) is 11.5. The maximum absolute atomic E-state index is 13.4. The largest absolute Gasteiger partial charge is 0.478 e. The summed E-state index contributed by atoms with van der Waals surface area (Å²) < 4.78 is 46.7. The first-order valence-corrected chi connectivity index (χ1v) is 13.4. The van der Waals surface area contributed by atoms with Crippen LogP contribution in [-0.4, -0.2) is 20.2 Å². The highest BCUT2D eigenvalue weighted by Gasteiger charge is 2.29. The molecule has 0 unspecified atom stereocenters. The Bertz CT molecular complexity index is 1510. The van der Waals surface area contributed by atoms with Gasteiger partial charge in [-0.1, -0.05) is 70.5 Å². The summed E-state index contributed by atoms with van der Waals surface area (Å²) in [7, 11) is -4.56. The minimum Gasteiger partial charge on any atom is -0.478 e. The number of aromatic nitrogens is 2. The number of nitrogens with zero attached hydrogens (tertiary/aromatic N) is 2. The lowest BCUT2D eigenvalue weighted by Gasteiger charge is -2.12. The van der Waals surface area contributed by atoms with E-state index in [1.54, 1.807) is 35.0 Å². The Labute approximate surface area is 218 Å². The van der Waals surface area contributed by atoms with Crippen LogP contribution in [0.25, 0.3) is 11.3 Å². The Hall–Kier alpha value is -3.37. The van der Waals surface area contributed by atoms with Crippen LogP contribution < -0.4 is 5.69 Å². The van der Waals surface area contributed by atoms with Crippen LogP contribution in [0.5, 0.6) is 0 Å². The molecule has 4 aromatic rings. The number of aromatic carboxylic acids is 1. The zero-order valence-electron chi connectivity index (χ0n) is 19.1. The van der Waals surface area contributed by atoms with E-state index in [-0.39, 0.29) is 24.3 Å². The summed E-state index contributed by atoms with van der Waals surface area (Å²) in [4.78, 5) is 24.6. The van der Waals surface area contributed by atoms with Gasteiger partial charge in [0.1, 0.15) is 0 Å². The van der Waals surface area contributed by atoms with Gasteiger partial charge in [0, 0.05) is 10.7 Å². The van der Waals surface area contributed by atoms with Gasteiger partial charge in [-0.15, -0.1) is 9.46 Å². The van der Waals surface area contributed by atoms with E-state index in [1.807, 2.05) is 30.3 Å². The molecule has 37 heavy (non-hydrogen) atoms. The van der Waals surface area contributed by atoms with Crippen LogP contribution in [0.3, 0.4) is 0 Å². The molecule has 0 amide bonds. The number of halogens is 3. The molecule has 0 aliphatic carbocycles. The molecule has 8 nitrogen and oxygen atoms in total. The molecule has 12 heteroatoms. The number of imidazole rings is 1. The highest BCUT2D eigenvalue weighted by atomic mass is 79.9. The first kappa shape index (κ1) is 26.7. The van der Waals surface area contributed by atoms with E-state index in [0.717, 1.165) is 11.1 Å². The van der Waals surface area contributed by atoms with Crippen LogP contribution in [0.15, 0.2) is 88.3 Å². The molecule has 0 aliphatic rings. The molecule has 0 saturated carbocycles. The van der Waals surface area contributed by atoms with E-state index in [0.29, 0.717) is 21.3 Å². The molecule has 4 rings (SSSR count). The Morgan fingerprint density at radius 3 is 2.19 bits per heavy atom. The standard InChI is InChI=1S/C25H20BrF2N2O6P/c26-22-12-18(8-11-21(22)16-37(34,35-27)36-28)14-30-23(19-4-2-1-3-5-19)15-29(25(30)33)13-17-6-9-20(10-7-17)24(31)32/h1-12,15H,13-14,16H2,(H,31,32). The second-order valence-electron chi connectivity index (χ2n) is 8.21. The van der Waals surface area contributed by atoms with Gasteiger partial charge in [-0.3, -0.25) is 13.7 Å². The molecule has 0 bridgehead atoms. The van der Waals surface area contributed by atoms with Crippen molar-refractivity contribution in [1.82, 2.24) is 9.13 Å². The van der Waals surface area contributed by atoms with E-state index in [1.165, 1.54) is 22.8 Å². The zero-order chi connectivity index (χ0) is 26.6. The number of rotatable bonds is 10. The van der Waals surface area contributed by atoms with Crippen LogP contribution in [0.4, 0.5) is 9.05 Å². The third kappa shape index (κ3) is 6.14. The predicted molar refractivity (Wildman–Crippen MR) is 136 cm³/mol. The zero-order valence-corrected chi connectivity index (χ0v) is 21.6. The van der Waals surface area contributed by atoms with Crippen molar-refractivity contribution < 1.29 is 33.0 Å². The van der Waals surface area contributed by atoms with Crippen LogP contribution >= 0.6 is 23.5 Å². The number of hydrogen-bond donors (Lipinski definition) is 1. The third-order valence-electron chi connectivity index (χ3n) is 5.70. The number of hydrogen-bond acceptors (Lipinski definition) is 5. The average molecular weight is 593 g/mol. The number of carbonyl (C=O) groups is 1. The Morgan fingerprint density at radius 1 is 0.946 bits per heavy atom. The van der Waals surface area contributed by atoms with Gasteiger partial charge in [-0.25, -0.2) is 9.59 Å². The van der Waals surface area contributed by atoms with E-state index in [2.05, 4.69) is 25.4 Å². The maximum atomic E-state index is 13.4. The molecular weight excluding hydrogens is 573 g/mol. The highest BCUT2D eigenvalue weighted by molar-refractivity contribution is 9.10. The van der Waals surface area contributed by atoms with E-state index in [9.17, 15) is 23.2 Å². The van der Waals surface area contributed by atoms with Crippen LogP contribution in [-0.2, 0) is 33.3 Å². The summed E-state index contributed by atoms with van der Waals surface area (Å²) in [6.45, 7) is 0.403. The van der Waals surface area contributed by atoms with E-state index >= 15 is 0 Å². The SMILES string of the molecule is O=C(O)c1ccc(Cn2cc(-c3ccccc3)n(Cc3ccc(CP(=O)(OF)OF)c(Br)c3)c2=O)cc1. The Balaban J connectivity index is 1.68. The molecule has 1 heterocycles. The minimum atomic E-state index is -4.56. The van der Waals surface area contributed by atoms with Gasteiger partial charge in [-0.05, 0) is 49.5 Å². The van der Waals surface area contributed by atoms with Gasteiger partial charge in [0.15, 0.2) is 0 Å².